The number of furan rings is 1. The molecule has 0 aliphatic carbocycles. The van der Waals surface area contributed by atoms with Gasteiger partial charge in [0.05, 0.1) is 23.5 Å². The van der Waals surface area contributed by atoms with E-state index in [1.165, 1.54) is 12.1 Å². The van der Waals surface area contributed by atoms with Crippen molar-refractivity contribution < 1.29 is 8.81 Å². The van der Waals surface area contributed by atoms with Crippen molar-refractivity contribution in [3.05, 3.63) is 52.7 Å². The smallest absolute Gasteiger partial charge is 0.125 e. The van der Waals surface area contributed by atoms with Crippen LogP contribution in [0.25, 0.3) is 0 Å². The first kappa shape index (κ1) is 11.0. The van der Waals surface area contributed by atoms with Crippen molar-refractivity contribution in [3.63, 3.8) is 0 Å². The first-order valence-electron chi connectivity index (χ1n) is 4.88. The number of hydrogen-bond acceptors (Lipinski definition) is 2. The van der Waals surface area contributed by atoms with Crippen molar-refractivity contribution in [2.75, 3.05) is 5.32 Å². The van der Waals surface area contributed by atoms with Gasteiger partial charge in [0.25, 0.3) is 0 Å². The van der Waals surface area contributed by atoms with Gasteiger partial charge in [-0.2, -0.15) is 0 Å². The molecule has 0 aliphatic rings. The second kappa shape index (κ2) is 4.58. The molecule has 0 radical (unpaired) electrons. The molecular weight excluding hydrogens is 229 g/mol. The lowest BCUT2D eigenvalue weighted by molar-refractivity contribution is 0.515. The molecule has 0 spiro atoms. The number of nitrogens with one attached hydrogen (secondary N) is 1. The zero-order chi connectivity index (χ0) is 11.5. The largest absolute Gasteiger partial charge is 0.467 e. The van der Waals surface area contributed by atoms with Crippen LogP contribution in [-0.4, -0.2) is 0 Å². The first-order chi connectivity index (χ1) is 7.66. The highest BCUT2D eigenvalue weighted by molar-refractivity contribution is 6.33. The third-order valence-corrected chi connectivity index (χ3v) is 2.65. The van der Waals surface area contributed by atoms with Crippen LogP contribution in [0.4, 0.5) is 10.1 Å². The van der Waals surface area contributed by atoms with Crippen molar-refractivity contribution in [3.8, 4) is 0 Å². The standard InChI is InChI=1S/C12H11ClFNO/c1-8-4-5-16-12(8)7-15-11-3-2-9(14)6-10(11)13/h2-6,15H,7H2,1H3. The molecule has 0 fully saturated rings. The molecule has 0 aliphatic heterocycles. The number of halogens is 2. The second-order valence-electron chi connectivity index (χ2n) is 3.50. The summed E-state index contributed by atoms with van der Waals surface area (Å²) in [5.41, 5.74) is 1.77. The average molecular weight is 240 g/mol. The van der Waals surface area contributed by atoms with Gasteiger partial charge in [0, 0.05) is 0 Å². The normalized spacial score (nSPS) is 10.4. The molecule has 1 N–H and O–H groups in total. The summed E-state index contributed by atoms with van der Waals surface area (Å²) in [6.45, 7) is 2.50. The van der Waals surface area contributed by atoms with Gasteiger partial charge in [-0.25, -0.2) is 4.39 Å². The molecule has 84 valence electrons. The van der Waals surface area contributed by atoms with Gasteiger partial charge in [0.15, 0.2) is 0 Å². The summed E-state index contributed by atoms with van der Waals surface area (Å²) in [6, 6.07) is 6.14. The minimum atomic E-state index is -0.343. The molecule has 0 unspecified atom stereocenters. The van der Waals surface area contributed by atoms with Crippen molar-refractivity contribution in [2.24, 2.45) is 0 Å². The van der Waals surface area contributed by atoms with Crippen LogP contribution in [0.15, 0.2) is 34.9 Å². The fourth-order valence-corrected chi connectivity index (χ4v) is 1.63. The van der Waals surface area contributed by atoms with Crippen molar-refractivity contribution in [1.82, 2.24) is 0 Å². The zero-order valence-corrected chi connectivity index (χ0v) is 9.51. The van der Waals surface area contributed by atoms with Gasteiger partial charge >= 0.3 is 0 Å². The Bertz CT molecular complexity index is 496. The van der Waals surface area contributed by atoms with E-state index in [-0.39, 0.29) is 5.82 Å². The molecule has 4 heteroatoms. The van der Waals surface area contributed by atoms with Gasteiger partial charge in [-0.05, 0) is 36.8 Å². The molecule has 1 aromatic heterocycles. The highest BCUT2D eigenvalue weighted by Crippen LogP contribution is 2.23. The molecule has 1 heterocycles. The fraction of sp³-hybridized carbons (Fsp3) is 0.167. The van der Waals surface area contributed by atoms with E-state index in [4.69, 9.17) is 16.0 Å². The van der Waals surface area contributed by atoms with E-state index in [9.17, 15) is 4.39 Å². The van der Waals surface area contributed by atoms with Gasteiger partial charge in [0.1, 0.15) is 11.6 Å². The Morgan fingerprint density at radius 2 is 2.19 bits per heavy atom. The maximum absolute atomic E-state index is 12.8. The van der Waals surface area contributed by atoms with Gasteiger partial charge in [-0.3, -0.25) is 0 Å². The minimum absolute atomic E-state index is 0.343. The Kier molecular flexibility index (Phi) is 3.15. The Morgan fingerprint density at radius 1 is 1.38 bits per heavy atom. The predicted molar refractivity (Wildman–Crippen MR) is 62.2 cm³/mol. The van der Waals surface area contributed by atoms with Crippen LogP contribution in [0, 0.1) is 12.7 Å². The number of hydrogen-bond donors (Lipinski definition) is 1. The summed E-state index contributed by atoms with van der Waals surface area (Å²) in [7, 11) is 0. The highest BCUT2D eigenvalue weighted by Gasteiger charge is 2.04. The van der Waals surface area contributed by atoms with Gasteiger partial charge in [-0.1, -0.05) is 11.6 Å². The quantitative estimate of drug-likeness (QED) is 0.876. The van der Waals surface area contributed by atoms with E-state index < -0.39 is 0 Å². The number of anilines is 1. The number of rotatable bonds is 3. The van der Waals surface area contributed by atoms with E-state index in [1.807, 2.05) is 13.0 Å². The number of benzene rings is 1. The summed E-state index contributed by atoms with van der Waals surface area (Å²) in [6.07, 6.45) is 1.64. The molecule has 0 atom stereocenters. The fourth-order valence-electron chi connectivity index (χ4n) is 1.39. The summed E-state index contributed by atoms with van der Waals surface area (Å²) in [5.74, 6) is 0.505. The van der Waals surface area contributed by atoms with Crippen LogP contribution in [0.5, 0.6) is 0 Å². The van der Waals surface area contributed by atoms with E-state index in [1.54, 1.807) is 12.3 Å². The Labute approximate surface area is 98.0 Å². The lowest BCUT2D eigenvalue weighted by Crippen LogP contribution is -2.00. The van der Waals surface area contributed by atoms with Crippen LogP contribution in [0.2, 0.25) is 5.02 Å². The topological polar surface area (TPSA) is 25.2 Å². The molecule has 0 saturated heterocycles. The number of aryl methyl sites for hydroxylation is 1. The van der Waals surface area contributed by atoms with Crippen molar-refractivity contribution in [1.29, 1.82) is 0 Å². The van der Waals surface area contributed by atoms with Gasteiger partial charge < -0.3 is 9.73 Å². The summed E-state index contributed by atoms with van der Waals surface area (Å²) in [5, 5.41) is 3.46. The maximum Gasteiger partial charge on any atom is 0.125 e. The molecule has 0 saturated carbocycles. The second-order valence-corrected chi connectivity index (χ2v) is 3.91. The van der Waals surface area contributed by atoms with Crippen LogP contribution >= 0.6 is 11.6 Å². The molecule has 0 amide bonds. The van der Waals surface area contributed by atoms with Gasteiger partial charge in [0.2, 0.25) is 0 Å². The molecule has 1 aromatic carbocycles. The molecule has 2 nitrogen and oxygen atoms in total. The first-order valence-corrected chi connectivity index (χ1v) is 5.26. The Balaban J connectivity index is 2.08. The molecule has 2 rings (SSSR count). The van der Waals surface area contributed by atoms with Crippen molar-refractivity contribution >= 4 is 17.3 Å². The van der Waals surface area contributed by atoms with E-state index >= 15 is 0 Å². The maximum atomic E-state index is 12.8. The van der Waals surface area contributed by atoms with Crippen LogP contribution < -0.4 is 5.32 Å². The van der Waals surface area contributed by atoms with E-state index in [0.717, 1.165) is 11.3 Å². The van der Waals surface area contributed by atoms with Crippen LogP contribution in [0.3, 0.4) is 0 Å². The monoisotopic (exact) mass is 239 g/mol. The SMILES string of the molecule is Cc1ccoc1CNc1ccc(F)cc1Cl. The van der Waals surface area contributed by atoms with Crippen LogP contribution in [0.1, 0.15) is 11.3 Å². The van der Waals surface area contributed by atoms with E-state index in [2.05, 4.69) is 5.32 Å². The summed E-state index contributed by atoms with van der Waals surface area (Å²) in [4.78, 5) is 0. The molecular formula is C12H11ClFNO. The third kappa shape index (κ3) is 2.36. The van der Waals surface area contributed by atoms with Crippen LogP contribution in [-0.2, 0) is 6.54 Å². The summed E-state index contributed by atoms with van der Waals surface area (Å²) >= 11 is 5.88. The van der Waals surface area contributed by atoms with Crippen molar-refractivity contribution in [2.45, 2.75) is 13.5 Å². The zero-order valence-electron chi connectivity index (χ0n) is 8.76. The minimum Gasteiger partial charge on any atom is -0.467 e. The molecule has 0 bridgehead atoms. The molecule has 2 aromatic rings. The third-order valence-electron chi connectivity index (χ3n) is 2.34. The van der Waals surface area contributed by atoms with Gasteiger partial charge in [-0.15, -0.1) is 0 Å². The summed E-state index contributed by atoms with van der Waals surface area (Å²) < 4.78 is 18.1. The lowest BCUT2D eigenvalue weighted by Gasteiger charge is -2.07. The average Bonchev–Trinajstić information content (AvgIpc) is 2.63. The highest BCUT2D eigenvalue weighted by atomic mass is 35.5. The Morgan fingerprint density at radius 3 is 2.81 bits per heavy atom. The predicted octanol–water partition coefficient (Wildman–Crippen LogP) is 3.99. The Hall–Kier alpha value is -1.48. The molecule has 16 heavy (non-hydrogen) atoms. The lowest BCUT2D eigenvalue weighted by atomic mass is 10.2. The van der Waals surface area contributed by atoms with E-state index in [0.29, 0.717) is 17.3 Å².